The monoisotopic (exact) mass is 178 g/mol. The van der Waals surface area contributed by atoms with Crippen LogP contribution < -0.4 is 0 Å². The van der Waals surface area contributed by atoms with Crippen molar-refractivity contribution in [1.82, 2.24) is 0 Å². The molecule has 0 unspecified atom stereocenters. The molecule has 0 fully saturated rings. The van der Waals surface area contributed by atoms with Crippen LogP contribution in [0.1, 0.15) is 6.42 Å². The first-order valence-electron chi connectivity index (χ1n) is 3.21. The van der Waals surface area contributed by atoms with Gasteiger partial charge in [0.2, 0.25) is 0 Å². The second-order valence-electron chi connectivity index (χ2n) is 2.24. The van der Waals surface area contributed by atoms with Gasteiger partial charge in [-0.2, -0.15) is 0 Å². The van der Waals surface area contributed by atoms with Crippen LogP contribution >= 0.6 is 0 Å². The van der Waals surface area contributed by atoms with E-state index < -0.39 is 30.7 Å². The summed E-state index contributed by atoms with van der Waals surface area (Å²) in [5.41, 5.74) is 0. The molecule has 0 spiro atoms. The van der Waals surface area contributed by atoms with Crippen molar-refractivity contribution in [3.05, 3.63) is 0 Å². The van der Waals surface area contributed by atoms with Crippen LogP contribution in [0.3, 0.4) is 0 Å². The standard InChI is InChI=1S/C6H10O6/c7-2-1-3(8)4(9)5(10)6(11)12/h2-5,8-10H,1H2,(H,11,12)/t3-,4-,5+/m1/s1. The number of carbonyl (C=O) groups is 2. The van der Waals surface area contributed by atoms with Gasteiger partial charge in [0, 0.05) is 6.42 Å². The highest BCUT2D eigenvalue weighted by atomic mass is 16.4. The third-order valence-electron chi connectivity index (χ3n) is 1.31. The van der Waals surface area contributed by atoms with Crippen molar-refractivity contribution in [3.8, 4) is 0 Å². The van der Waals surface area contributed by atoms with E-state index in [1.54, 1.807) is 0 Å². The summed E-state index contributed by atoms with van der Waals surface area (Å²) in [6.07, 6.45) is -5.55. The van der Waals surface area contributed by atoms with E-state index in [1.807, 2.05) is 0 Å². The highest BCUT2D eigenvalue weighted by molar-refractivity contribution is 5.72. The number of hydrogen-bond donors (Lipinski definition) is 4. The molecule has 0 bridgehead atoms. The molecule has 70 valence electrons. The molecule has 4 N–H and O–H groups in total. The van der Waals surface area contributed by atoms with Crippen molar-refractivity contribution in [2.75, 3.05) is 0 Å². The predicted octanol–water partition coefficient (Wildman–Crippen LogP) is -2.26. The van der Waals surface area contributed by atoms with Crippen molar-refractivity contribution >= 4 is 12.3 Å². The number of aldehydes is 1. The largest absolute Gasteiger partial charge is 0.479 e. The van der Waals surface area contributed by atoms with E-state index in [4.69, 9.17) is 20.4 Å². The fourth-order valence-corrected chi connectivity index (χ4v) is 0.595. The Balaban J connectivity index is 4.07. The quantitative estimate of drug-likeness (QED) is 0.353. The van der Waals surface area contributed by atoms with E-state index >= 15 is 0 Å². The fourth-order valence-electron chi connectivity index (χ4n) is 0.595. The second-order valence-corrected chi connectivity index (χ2v) is 2.24. The topological polar surface area (TPSA) is 115 Å². The zero-order valence-corrected chi connectivity index (χ0v) is 6.12. The first-order valence-corrected chi connectivity index (χ1v) is 3.21. The maximum atomic E-state index is 10.0. The van der Waals surface area contributed by atoms with Gasteiger partial charge in [-0.1, -0.05) is 0 Å². The highest BCUT2D eigenvalue weighted by Gasteiger charge is 2.29. The number of carboxylic acid groups (broad SMARTS) is 1. The lowest BCUT2D eigenvalue weighted by atomic mass is 10.1. The van der Waals surface area contributed by atoms with Gasteiger partial charge in [0.1, 0.15) is 12.4 Å². The molecular formula is C6H10O6. The van der Waals surface area contributed by atoms with E-state index in [0.29, 0.717) is 6.29 Å². The Labute approximate surface area is 68.1 Å². The Morgan fingerprint density at radius 2 is 1.83 bits per heavy atom. The zero-order chi connectivity index (χ0) is 9.72. The number of aliphatic hydroxyl groups is 3. The number of carbonyl (C=O) groups excluding carboxylic acids is 1. The molecule has 0 aromatic rings. The summed E-state index contributed by atoms with van der Waals surface area (Å²) >= 11 is 0. The molecule has 0 aliphatic heterocycles. The molecule has 0 aliphatic carbocycles. The summed E-state index contributed by atoms with van der Waals surface area (Å²) in [4.78, 5) is 19.9. The van der Waals surface area contributed by atoms with Crippen LogP contribution in [0.5, 0.6) is 0 Å². The molecule has 6 heteroatoms. The van der Waals surface area contributed by atoms with Crippen LogP contribution in [0.15, 0.2) is 0 Å². The summed E-state index contributed by atoms with van der Waals surface area (Å²) in [5, 5.41) is 34.5. The number of hydrogen-bond acceptors (Lipinski definition) is 5. The van der Waals surface area contributed by atoms with E-state index in [2.05, 4.69) is 0 Å². The van der Waals surface area contributed by atoms with Gasteiger partial charge in [0.15, 0.2) is 6.10 Å². The minimum atomic E-state index is -2.07. The minimum Gasteiger partial charge on any atom is -0.479 e. The molecule has 0 aliphatic rings. The molecule has 0 saturated heterocycles. The van der Waals surface area contributed by atoms with Gasteiger partial charge in [-0.05, 0) is 0 Å². The molecule has 3 atom stereocenters. The van der Waals surface area contributed by atoms with E-state index in [0.717, 1.165) is 0 Å². The maximum absolute atomic E-state index is 10.0. The fraction of sp³-hybridized carbons (Fsp3) is 0.667. The van der Waals surface area contributed by atoms with Crippen molar-refractivity contribution in [1.29, 1.82) is 0 Å². The Morgan fingerprint density at radius 3 is 2.17 bits per heavy atom. The third-order valence-corrected chi connectivity index (χ3v) is 1.31. The van der Waals surface area contributed by atoms with E-state index in [1.165, 1.54) is 0 Å². The molecule has 0 rings (SSSR count). The van der Waals surface area contributed by atoms with Crippen LogP contribution in [0.2, 0.25) is 0 Å². The van der Waals surface area contributed by atoms with Gasteiger partial charge in [0.25, 0.3) is 0 Å². The van der Waals surface area contributed by atoms with Crippen LogP contribution in [-0.2, 0) is 9.59 Å². The molecule has 0 amide bonds. The number of rotatable bonds is 5. The average Bonchev–Trinajstić information content (AvgIpc) is 2.02. The van der Waals surface area contributed by atoms with Crippen molar-refractivity contribution in [2.45, 2.75) is 24.7 Å². The second kappa shape index (κ2) is 4.81. The van der Waals surface area contributed by atoms with Crippen molar-refractivity contribution in [2.24, 2.45) is 0 Å². The van der Waals surface area contributed by atoms with Crippen LogP contribution in [0.25, 0.3) is 0 Å². The Kier molecular flexibility index (Phi) is 4.42. The summed E-state index contributed by atoms with van der Waals surface area (Å²) in [5.74, 6) is -1.65. The van der Waals surface area contributed by atoms with E-state index in [9.17, 15) is 9.59 Å². The molecule has 0 saturated carbocycles. The zero-order valence-electron chi connectivity index (χ0n) is 6.12. The average molecular weight is 178 g/mol. The van der Waals surface area contributed by atoms with Gasteiger partial charge in [-0.25, -0.2) is 4.79 Å². The number of aliphatic hydroxyl groups excluding tert-OH is 3. The van der Waals surface area contributed by atoms with Crippen molar-refractivity contribution in [3.63, 3.8) is 0 Å². The first kappa shape index (κ1) is 11.0. The van der Waals surface area contributed by atoms with E-state index in [-0.39, 0.29) is 0 Å². The summed E-state index contributed by atoms with van der Waals surface area (Å²) in [6, 6.07) is 0. The lowest BCUT2D eigenvalue weighted by Gasteiger charge is -2.17. The molecular weight excluding hydrogens is 168 g/mol. The molecule has 6 nitrogen and oxygen atoms in total. The molecule has 0 heterocycles. The summed E-state index contributed by atoms with van der Waals surface area (Å²) in [7, 11) is 0. The van der Waals surface area contributed by atoms with Gasteiger partial charge in [0.05, 0.1) is 6.10 Å². The minimum absolute atomic E-state index is 0.322. The SMILES string of the molecule is O=CC[C@@H](O)[C@@H](O)[C@H](O)C(=O)O. The molecule has 12 heavy (non-hydrogen) atoms. The normalized spacial score (nSPS) is 17.9. The van der Waals surface area contributed by atoms with Crippen LogP contribution in [0.4, 0.5) is 0 Å². The number of aliphatic carboxylic acids is 1. The first-order chi connectivity index (χ1) is 5.50. The highest BCUT2D eigenvalue weighted by Crippen LogP contribution is 2.02. The lowest BCUT2D eigenvalue weighted by molar-refractivity contribution is -0.158. The molecule has 0 aromatic heterocycles. The lowest BCUT2D eigenvalue weighted by Crippen LogP contribution is -2.42. The van der Waals surface area contributed by atoms with Gasteiger partial charge < -0.3 is 25.2 Å². The van der Waals surface area contributed by atoms with Crippen molar-refractivity contribution < 1.29 is 30.0 Å². The Bertz CT molecular complexity index is 167. The summed E-state index contributed by atoms with van der Waals surface area (Å²) in [6.45, 7) is 0. The Hall–Kier alpha value is -0.980. The third kappa shape index (κ3) is 2.95. The predicted molar refractivity (Wildman–Crippen MR) is 36.3 cm³/mol. The Morgan fingerprint density at radius 1 is 1.33 bits per heavy atom. The van der Waals surface area contributed by atoms with Crippen LogP contribution in [0, 0.1) is 0 Å². The van der Waals surface area contributed by atoms with Gasteiger partial charge >= 0.3 is 5.97 Å². The molecule has 0 radical (unpaired) electrons. The van der Waals surface area contributed by atoms with Crippen LogP contribution in [-0.4, -0.2) is 51.0 Å². The molecule has 0 aromatic carbocycles. The smallest absolute Gasteiger partial charge is 0.335 e. The maximum Gasteiger partial charge on any atom is 0.335 e. The summed E-state index contributed by atoms with van der Waals surface area (Å²) < 4.78 is 0. The van der Waals surface area contributed by atoms with Gasteiger partial charge in [-0.3, -0.25) is 0 Å². The number of carboxylic acids is 1. The van der Waals surface area contributed by atoms with Gasteiger partial charge in [-0.15, -0.1) is 0 Å².